The number of benzene rings is 2. The minimum absolute atomic E-state index is 0.348. The van der Waals surface area contributed by atoms with Gasteiger partial charge in [0.1, 0.15) is 0 Å². The molecule has 3 rings (SSSR count). The third-order valence-electron chi connectivity index (χ3n) is 3.64. The maximum Gasteiger partial charge on any atom is 0.0640 e. The van der Waals surface area contributed by atoms with Crippen LogP contribution in [0.4, 0.5) is 5.69 Å². The molecule has 0 radical (unpaired) electrons. The van der Waals surface area contributed by atoms with E-state index in [4.69, 9.17) is 11.6 Å². The monoisotopic (exact) mass is 257 g/mol. The highest BCUT2D eigenvalue weighted by Crippen LogP contribution is 2.39. The quantitative estimate of drug-likeness (QED) is 0.783. The fourth-order valence-corrected chi connectivity index (χ4v) is 3.00. The molecule has 2 heteroatoms. The van der Waals surface area contributed by atoms with E-state index in [0.29, 0.717) is 6.04 Å². The van der Waals surface area contributed by atoms with E-state index >= 15 is 0 Å². The van der Waals surface area contributed by atoms with Gasteiger partial charge < -0.3 is 5.32 Å². The molecule has 1 N–H and O–H groups in total. The molecule has 0 fully saturated rings. The summed E-state index contributed by atoms with van der Waals surface area (Å²) in [6.07, 6.45) is 1.01. The first-order valence-electron chi connectivity index (χ1n) is 6.26. The largest absolute Gasteiger partial charge is 0.376 e. The van der Waals surface area contributed by atoms with Gasteiger partial charge in [0, 0.05) is 0 Å². The predicted molar refractivity (Wildman–Crippen MR) is 77.4 cm³/mol. The van der Waals surface area contributed by atoms with Gasteiger partial charge >= 0.3 is 0 Å². The highest BCUT2D eigenvalue weighted by atomic mass is 35.5. The number of nitrogens with one attached hydrogen (secondary N) is 1. The molecular formula is C16H16ClN. The first-order valence-corrected chi connectivity index (χ1v) is 6.64. The van der Waals surface area contributed by atoms with Crippen LogP contribution in [-0.4, -0.2) is 0 Å². The lowest BCUT2D eigenvalue weighted by atomic mass is 9.97. The molecule has 1 aliphatic heterocycles. The van der Waals surface area contributed by atoms with Gasteiger partial charge in [-0.25, -0.2) is 0 Å². The Kier molecular flexibility index (Phi) is 2.79. The lowest BCUT2D eigenvalue weighted by molar-refractivity contribution is 0.815. The molecule has 1 heterocycles. The number of hydrogen-bond donors (Lipinski definition) is 1. The fraction of sp³-hybridized carbons (Fsp3) is 0.250. The van der Waals surface area contributed by atoms with Gasteiger partial charge in [-0.15, -0.1) is 0 Å². The summed E-state index contributed by atoms with van der Waals surface area (Å²) in [5.41, 5.74) is 6.44. The molecule has 0 bridgehead atoms. The van der Waals surface area contributed by atoms with E-state index in [-0.39, 0.29) is 0 Å². The van der Waals surface area contributed by atoms with Gasteiger partial charge in [-0.2, -0.15) is 0 Å². The number of anilines is 1. The smallest absolute Gasteiger partial charge is 0.0640 e. The topological polar surface area (TPSA) is 12.0 Å². The fourth-order valence-electron chi connectivity index (χ4n) is 2.75. The summed E-state index contributed by atoms with van der Waals surface area (Å²) < 4.78 is 0. The van der Waals surface area contributed by atoms with Crippen molar-refractivity contribution >= 4 is 17.3 Å². The van der Waals surface area contributed by atoms with Crippen LogP contribution in [0, 0.1) is 13.8 Å². The molecule has 1 aliphatic rings. The number of rotatable bonds is 1. The first kappa shape index (κ1) is 11.6. The van der Waals surface area contributed by atoms with Crippen LogP contribution in [0.25, 0.3) is 0 Å². The van der Waals surface area contributed by atoms with Crippen LogP contribution >= 0.6 is 11.6 Å². The van der Waals surface area contributed by atoms with Gasteiger partial charge in [0.05, 0.1) is 16.8 Å². The van der Waals surface area contributed by atoms with Gasteiger partial charge in [-0.05, 0) is 43.0 Å². The molecule has 0 spiro atoms. The second-order valence-electron chi connectivity index (χ2n) is 5.04. The molecule has 0 saturated heterocycles. The SMILES string of the molecule is Cc1ccc(C2Cc3cccc(Cl)c3N2)c(C)c1. The molecule has 0 amide bonds. The number of hydrogen-bond acceptors (Lipinski definition) is 1. The van der Waals surface area contributed by atoms with E-state index in [1.807, 2.05) is 12.1 Å². The summed E-state index contributed by atoms with van der Waals surface area (Å²) in [5.74, 6) is 0. The average Bonchev–Trinajstić information content (AvgIpc) is 2.74. The number of fused-ring (bicyclic) bond motifs is 1. The average molecular weight is 258 g/mol. The lowest BCUT2D eigenvalue weighted by Gasteiger charge is -2.15. The molecule has 2 aromatic rings. The van der Waals surface area contributed by atoms with Crippen molar-refractivity contribution in [3.63, 3.8) is 0 Å². The Labute approximate surface area is 113 Å². The van der Waals surface area contributed by atoms with Crippen molar-refractivity contribution in [2.75, 3.05) is 5.32 Å². The van der Waals surface area contributed by atoms with E-state index in [0.717, 1.165) is 17.1 Å². The van der Waals surface area contributed by atoms with Crippen LogP contribution in [-0.2, 0) is 6.42 Å². The van der Waals surface area contributed by atoms with E-state index in [2.05, 4.69) is 43.4 Å². The van der Waals surface area contributed by atoms with Crippen molar-refractivity contribution < 1.29 is 0 Å². The van der Waals surface area contributed by atoms with Crippen LogP contribution in [0.5, 0.6) is 0 Å². The van der Waals surface area contributed by atoms with Crippen molar-refractivity contribution in [1.29, 1.82) is 0 Å². The minimum atomic E-state index is 0.348. The van der Waals surface area contributed by atoms with Crippen molar-refractivity contribution in [1.82, 2.24) is 0 Å². The molecule has 2 aromatic carbocycles. The molecule has 1 atom stereocenters. The number of aryl methyl sites for hydroxylation is 2. The summed E-state index contributed by atoms with van der Waals surface area (Å²) in [5, 5.41) is 4.37. The Bertz CT molecular complexity index is 604. The van der Waals surface area contributed by atoms with E-state index in [1.54, 1.807) is 0 Å². The Morgan fingerprint density at radius 1 is 1.17 bits per heavy atom. The second-order valence-corrected chi connectivity index (χ2v) is 5.44. The molecule has 18 heavy (non-hydrogen) atoms. The molecule has 1 nitrogen and oxygen atoms in total. The van der Waals surface area contributed by atoms with Crippen LogP contribution in [0.1, 0.15) is 28.3 Å². The highest BCUT2D eigenvalue weighted by molar-refractivity contribution is 6.33. The zero-order chi connectivity index (χ0) is 12.7. The van der Waals surface area contributed by atoms with Gasteiger partial charge in [-0.1, -0.05) is 47.5 Å². The molecule has 1 unspecified atom stereocenters. The first-order chi connectivity index (χ1) is 8.65. The van der Waals surface area contributed by atoms with Crippen molar-refractivity contribution in [3.8, 4) is 0 Å². The van der Waals surface area contributed by atoms with Crippen LogP contribution in [0.15, 0.2) is 36.4 Å². The van der Waals surface area contributed by atoms with E-state index in [9.17, 15) is 0 Å². The maximum absolute atomic E-state index is 6.22. The second kappa shape index (κ2) is 4.33. The van der Waals surface area contributed by atoms with E-state index < -0.39 is 0 Å². The number of para-hydroxylation sites is 1. The Hall–Kier alpha value is -1.47. The van der Waals surface area contributed by atoms with Crippen molar-refractivity contribution in [2.24, 2.45) is 0 Å². The summed E-state index contributed by atoms with van der Waals surface area (Å²) in [6, 6.07) is 13.1. The molecule has 0 saturated carbocycles. The third kappa shape index (κ3) is 1.89. The van der Waals surface area contributed by atoms with Gasteiger partial charge in [-0.3, -0.25) is 0 Å². The van der Waals surface area contributed by atoms with Gasteiger partial charge in [0.2, 0.25) is 0 Å². The normalized spacial score (nSPS) is 17.4. The van der Waals surface area contributed by atoms with Crippen molar-refractivity contribution in [3.05, 3.63) is 63.7 Å². The number of halogens is 1. The zero-order valence-corrected chi connectivity index (χ0v) is 11.4. The van der Waals surface area contributed by atoms with Crippen LogP contribution < -0.4 is 5.32 Å². The molecule has 0 aliphatic carbocycles. The van der Waals surface area contributed by atoms with Crippen molar-refractivity contribution in [2.45, 2.75) is 26.3 Å². The Balaban J connectivity index is 1.96. The lowest BCUT2D eigenvalue weighted by Crippen LogP contribution is -2.07. The summed E-state index contributed by atoms with van der Waals surface area (Å²) >= 11 is 6.22. The Morgan fingerprint density at radius 3 is 2.72 bits per heavy atom. The molecule has 0 aromatic heterocycles. The zero-order valence-electron chi connectivity index (χ0n) is 10.6. The third-order valence-corrected chi connectivity index (χ3v) is 3.96. The minimum Gasteiger partial charge on any atom is -0.376 e. The standard InChI is InChI=1S/C16H16ClN/c1-10-6-7-13(11(2)8-10)15-9-12-4-3-5-14(17)16(12)18-15/h3-8,15,18H,9H2,1-2H3. The predicted octanol–water partition coefficient (Wildman–Crippen LogP) is 4.67. The summed E-state index contributed by atoms with van der Waals surface area (Å²) in [6.45, 7) is 4.30. The highest BCUT2D eigenvalue weighted by Gasteiger charge is 2.24. The summed E-state index contributed by atoms with van der Waals surface area (Å²) in [4.78, 5) is 0. The van der Waals surface area contributed by atoms with Gasteiger partial charge in [0.25, 0.3) is 0 Å². The van der Waals surface area contributed by atoms with Crippen LogP contribution in [0.3, 0.4) is 0 Å². The summed E-state index contributed by atoms with van der Waals surface area (Å²) in [7, 11) is 0. The van der Waals surface area contributed by atoms with E-state index in [1.165, 1.54) is 22.3 Å². The molecule has 92 valence electrons. The van der Waals surface area contributed by atoms with Crippen LogP contribution in [0.2, 0.25) is 5.02 Å². The molecular weight excluding hydrogens is 242 g/mol. The maximum atomic E-state index is 6.22. The van der Waals surface area contributed by atoms with Gasteiger partial charge in [0.15, 0.2) is 0 Å². The Morgan fingerprint density at radius 2 is 2.00 bits per heavy atom.